The maximum absolute atomic E-state index is 12.2. The highest BCUT2D eigenvalue weighted by atomic mass is 16.7. The van der Waals surface area contributed by atoms with Gasteiger partial charge >= 0.3 is 5.70 Å². The van der Waals surface area contributed by atoms with Gasteiger partial charge in [-0.2, -0.15) is 0 Å². The lowest BCUT2D eigenvalue weighted by atomic mass is 9.71. The molecule has 1 aromatic rings. The van der Waals surface area contributed by atoms with E-state index in [4.69, 9.17) is 14.8 Å². The molecular formula is C15H19N5O5+2. The molecule has 10 heteroatoms. The molecule has 1 aliphatic heterocycles. The molecule has 0 aromatic carbocycles. The van der Waals surface area contributed by atoms with E-state index < -0.39 is 16.3 Å². The maximum atomic E-state index is 12.2. The lowest BCUT2D eigenvalue weighted by Gasteiger charge is -2.28. The highest BCUT2D eigenvalue weighted by Crippen LogP contribution is 2.44. The Labute approximate surface area is 142 Å². The molecule has 1 atom stereocenters. The van der Waals surface area contributed by atoms with Crippen LogP contribution < -0.4 is 4.60 Å². The van der Waals surface area contributed by atoms with Gasteiger partial charge in [0.15, 0.2) is 17.7 Å². The third-order valence-electron chi connectivity index (χ3n) is 4.46. The molecule has 1 aromatic heterocycles. The molecule has 1 unspecified atom stereocenters. The first-order valence-electron chi connectivity index (χ1n) is 7.83. The van der Waals surface area contributed by atoms with Gasteiger partial charge in [0.2, 0.25) is 0 Å². The minimum atomic E-state index is -0.614. The van der Waals surface area contributed by atoms with Crippen LogP contribution in [0.2, 0.25) is 0 Å². The summed E-state index contributed by atoms with van der Waals surface area (Å²) in [5.74, 6) is 1.64. The number of aromatic nitrogens is 2. The minimum absolute atomic E-state index is 0.0208. The SMILES string of the molecule is CC(C)(C=[N+]1CCOCC1)C1C(=C=N)C=C([N+](=O)[O-])c2[nH]o[n+](=O)c21. The van der Waals surface area contributed by atoms with Gasteiger partial charge in [0.25, 0.3) is 11.4 Å². The molecule has 2 aliphatic rings. The fourth-order valence-corrected chi connectivity index (χ4v) is 3.42. The van der Waals surface area contributed by atoms with Crippen LogP contribution in [0.4, 0.5) is 0 Å². The molecule has 1 fully saturated rings. The molecule has 1 saturated heterocycles. The predicted octanol–water partition coefficient (Wildman–Crippen LogP) is 0.552. The van der Waals surface area contributed by atoms with E-state index in [2.05, 4.69) is 15.6 Å². The first kappa shape index (κ1) is 17.0. The van der Waals surface area contributed by atoms with Crippen molar-refractivity contribution in [2.75, 3.05) is 26.3 Å². The predicted molar refractivity (Wildman–Crippen MR) is 86.0 cm³/mol. The Morgan fingerprint density at radius 2 is 2.16 bits per heavy atom. The van der Waals surface area contributed by atoms with Crippen molar-refractivity contribution in [3.63, 3.8) is 0 Å². The summed E-state index contributed by atoms with van der Waals surface area (Å²) in [6.45, 7) is 6.48. The van der Waals surface area contributed by atoms with Gasteiger partial charge in [0.05, 0.1) is 16.3 Å². The van der Waals surface area contributed by atoms with E-state index >= 15 is 0 Å². The highest BCUT2D eigenvalue weighted by Gasteiger charge is 2.50. The van der Waals surface area contributed by atoms with Crippen LogP contribution in [0.3, 0.4) is 0 Å². The van der Waals surface area contributed by atoms with Crippen LogP contribution in [0, 0.1) is 25.8 Å². The van der Waals surface area contributed by atoms with Crippen LogP contribution in [-0.2, 0) is 4.74 Å². The molecule has 0 amide bonds. The van der Waals surface area contributed by atoms with E-state index in [9.17, 15) is 15.0 Å². The number of fused-ring (bicyclic) bond motifs is 1. The molecule has 2 N–H and O–H groups in total. The van der Waals surface area contributed by atoms with Gasteiger partial charge in [-0.1, -0.05) is 9.79 Å². The molecule has 25 heavy (non-hydrogen) atoms. The summed E-state index contributed by atoms with van der Waals surface area (Å²) in [5.41, 5.74) is -0.571. The fraction of sp³-hybridized carbons (Fsp3) is 0.533. The van der Waals surface area contributed by atoms with Gasteiger partial charge in [0.1, 0.15) is 19.4 Å². The Morgan fingerprint density at radius 3 is 2.76 bits per heavy atom. The van der Waals surface area contributed by atoms with Crippen molar-refractivity contribution in [3.05, 3.63) is 38.1 Å². The molecule has 0 radical (unpaired) electrons. The van der Waals surface area contributed by atoms with Gasteiger partial charge in [-0.25, -0.2) is 4.58 Å². The van der Waals surface area contributed by atoms with E-state index in [0.717, 1.165) is 13.1 Å². The first-order chi connectivity index (χ1) is 11.8. The van der Waals surface area contributed by atoms with Crippen molar-refractivity contribution < 1.29 is 23.5 Å². The van der Waals surface area contributed by atoms with Crippen molar-refractivity contribution in [1.82, 2.24) is 5.16 Å². The lowest BCUT2D eigenvalue weighted by molar-refractivity contribution is -0.720. The first-order valence-corrected chi connectivity index (χ1v) is 7.83. The summed E-state index contributed by atoms with van der Waals surface area (Å²) in [6, 6.07) is 0. The van der Waals surface area contributed by atoms with E-state index in [0.29, 0.717) is 13.2 Å². The molecule has 0 saturated carbocycles. The van der Waals surface area contributed by atoms with E-state index in [1.807, 2.05) is 20.1 Å². The second-order valence-corrected chi connectivity index (χ2v) is 6.61. The number of nitrogens with one attached hydrogen (secondary N) is 2. The summed E-state index contributed by atoms with van der Waals surface area (Å²) in [6.07, 6.45) is 3.25. The van der Waals surface area contributed by atoms with Crippen LogP contribution in [0.1, 0.15) is 31.2 Å². The standard InChI is InChI=1S/C15H19N5O5/c1-15(2,9-18-3-5-24-6-4-18)12-10(8-16)7-11(19(21)22)13-14(12)20(23)25-17-13/h7,9,12,16-17H,3-6H2,1-2H3/q+2. The zero-order valence-electron chi connectivity index (χ0n) is 13.9. The Kier molecular flexibility index (Phi) is 4.23. The van der Waals surface area contributed by atoms with Gasteiger partial charge in [-0.05, 0) is 24.6 Å². The number of hydrogen-bond acceptors (Lipinski definition) is 6. The molecule has 0 spiro atoms. The van der Waals surface area contributed by atoms with E-state index in [1.54, 1.807) is 0 Å². The number of aromatic amines is 1. The largest absolute Gasteiger partial charge is 0.368 e. The number of nitro groups is 1. The Bertz CT molecular complexity index is 876. The summed E-state index contributed by atoms with van der Waals surface area (Å²) in [4.78, 5) is 22.8. The number of nitrogens with zero attached hydrogens (tertiary/aromatic N) is 3. The second-order valence-electron chi connectivity index (χ2n) is 6.61. The summed E-state index contributed by atoms with van der Waals surface area (Å²) < 4.78 is 12.4. The molecule has 3 rings (SSSR count). The number of hydrogen-bond donors (Lipinski definition) is 2. The normalized spacial score (nSPS) is 20.6. The minimum Gasteiger partial charge on any atom is -0.368 e. The monoisotopic (exact) mass is 349 g/mol. The molecular weight excluding hydrogens is 330 g/mol. The Balaban J connectivity index is 2.14. The van der Waals surface area contributed by atoms with Crippen molar-refractivity contribution in [3.8, 4) is 0 Å². The maximum Gasteiger partial charge on any atom is 0.324 e. The molecule has 0 bridgehead atoms. The Hall–Kier alpha value is -2.84. The number of rotatable bonds is 3. The van der Waals surface area contributed by atoms with Gasteiger partial charge in [-0.3, -0.25) is 15.5 Å². The number of morpholine rings is 1. The van der Waals surface area contributed by atoms with E-state index in [-0.39, 0.29) is 27.3 Å². The number of allylic oxidation sites excluding steroid dienone is 2. The van der Waals surface area contributed by atoms with Gasteiger partial charge in [-0.15, -0.1) is 0 Å². The zero-order chi connectivity index (χ0) is 18.2. The molecule has 2 heterocycles. The van der Waals surface area contributed by atoms with Crippen molar-refractivity contribution in [2.45, 2.75) is 19.8 Å². The van der Waals surface area contributed by atoms with Crippen molar-refractivity contribution in [2.24, 2.45) is 5.41 Å². The zero-order valence-corrected chi connectivity index (χ0v) is 13.9. The Morgan fingerprint density at radius 1 is 1.48 bits per heavy atom. The lowest BCUT2D eigenvalue weighted by Crippen LogP contribution is -2.39. The summed E-state index contributed by atoms with van der Waals surface area (Å²) in [5, 5.41) is 21.2. The van der Waals surface area contributed by atoms with Crippen molar-refractivity contribution >= 4 is 17.8 Å². The third-order valence-corrected chi connectivity index (χ3v) is 4.46. The highest BCUT2D eigenvalue weighted by molar-refractivity contribution is 5.77. The third kappa shape index (κ3) is 2.97. The second kappa shape index (κ2) is 6.23. The van der Waals surface area contributed by atoms with E-state index in [1.165, 1.54) is 6.08 Å². The van der Waals surface area contributed by atoms with Crippen LogP contribution in [0.15, 0.2) is 16.3 Å². The topological polar surface area (TPSA) is 131 Å². The van der Waals surface area contributed by atoms with Gasteiger partial charge in [0, 0.05) is 11.6 Å². The number of H-pyrrole nitrogens is 1. The number of ether oxygens (including phenoxy) is 1. The van der Waals surface area contributed by atoms with Crippen LogP contribution in [0.25, 0.3) is 5.70 Å². The van der Waals surface area contributed by atoms with Gasteiger partial charge < -0.3 is 4.74 Å². The summed E-state index contributed by atoms with van der Waals surface area (Å²) in [7, 11) is 0. The fourth-order valence-electron chi connectivity index (χ4n) is 3.42. The van der Waals surface area contributed by atoms with Crippen molar-refractivity contribution in [1.29, 1.82) is 5.41 Å². The van der Waals surface area contributed by atoms with Crippen LogP contribution >= 0.6 is 0 Å². The smallest absolute Gasteiger partial charge is 0.324 e. The quantitative estimate of drug-likeness (QED) is 0.356. The average molecular weight is 349 g/mol. The molecule has 10 nitrogen and oxygen atoms in total. The molecule has 132 valence electrons. The summed E-state index contributed by atoms with van der Waals surface area (Å²) >= 11 is 0. The molecule has 1 aliphatic carbocycles. The van der Waals surface area contributed by atoms with Crippen LogP contribution in [-0.4, -0.2) is 53.0 Å². The van der Waals surface area contributed by atoms with Crippen LogP contribution in [0.5, 0.6) is 0 Å². The average Bonchev–Trinajstić information content (AvgIpc) is 2.95.